The van der Waals surface area contributed by atoms with Crippen LogP contribution in [-0.2, 0) is 10.4 Å². The van der Waals surface area contributed by atoms with Crippen LogP contribution in [0.2, 0.25) is 0 Å². The average Bonchev–Trinajstić information content (AvgIpc) is 2.61. The van der Waals surface area contributed by atoms with Gasteiger partial charge in [0.15, 0.2) is 0 Å². The number of carbonyl (C=O) groups is 1. The Morgan fingerprint density at radius 2 is 1.44 bits per heavy atom. The van der Waals surface area contributed by atoms with E-state index in [1.54, 1.807) is 24.3 Å². The van der Waals surface area contributed by atoms with E-state index in [9.17, 15) is 15.0 Å². The second-order valence-corrected chi connectivity index (χ2v) is 4.50. The summed E-state index contributed by atoms with van der Waals surface area (Å²) in [6.07, 6.45) is -0.430. The van der Waals surface area contributed by atoms with Crippen molar-refractivity contribution in [2.45, 2.75) is 12.0 Å². The maximum Gasteiger partial charge on any atom is 0.121 e. The number of carboxylic acid groups (broad SMARTS) is 1. The lowest BCUT2D eigenvalue weighted by molar-refractivity contribution is -0.308. The highest BCUT2D eigenvalue weighted by atomic mass is 16.4. The smallest absolute Gasteiger partial charge is 0.121 e. The van der Waals surface area contributed by atoms with Gasteiger partial charge in [-0.3, -0.25) is 0 Å². The van der Waals surface area contributed by atoms with E-state index in [4.69, 9.17) is 0 Å². The van der Waals surface area contributed by atoms with Crippen LogP contribution in [0, 0.1) is 0 Å². The molecule has 0 saturated heterocycles. The number of aliphatic carboxylic acids is 1. The fraction of sp³-hybridized carbons (Fsp3) is 0.133. The highest BCUT2D eigenvalue weighted by Gasteiger charge is 2.41. The van der Waals surface area contributed by atoms with Gasteiger partial charge in [0.2, 0.25) is 0 Å². The molecule has 3 rings (SSSR count). The molecule has 0 bridgehead atoms. The third-order valence-corrected chi connectivity index (χ3v) is 3.44. The molecule has 18 heavy (non-hydrogen) atoms. The largest absolute Gasteiger partial charge is 0.550 e. The Kier molecular flexibility index (Phi) is 2.25. The first-order valence-corrected chi connectivity index (χ1v) is 5.74. The molecule has 1 N–H and O–H groups in total. The summed E-state index contributed by atoms with van der Waals surface area (Å²) in [5, 5.41) is 21.7. The van der Waals surface area contributed by atoms with Crippen molar-refractivity contribution in [3.05, 3.63) is 59.7 Å². The molecule has 0 spiro atoms. The third kappa shape index (κ3) is 1.38. The van der Waals surface area contributed by atoms with Crippen LogP contribution in [0.15, 0.2) is 48.5 Å². The molecule has 0 aromatic heterocycles. The monoisotopic (exact) mass is 239 g/mol. The lowest BCUT2D eigenvalue weighted by Gasteiger charge is -2.26. The van der Waals surface area contributed by atoms with Crippen molar-refractivity contribution in [3.63, 3.8) is 0 Å². The van der Waals surface area contributed by atoms with Gasteiger partial charge in [0.05, 0.1) is 0 Å². The molecule has 0 saturated carbocycles. The van der Waals surface area contributed by atoms with Gasteiger partial charge in [0, 0.05) is 12.4 Å². The number of hydrogen-bond acceptors (Lipinski definition) is 3. The van der Waals surface area contributed by atoms with Crippen LogP contribution in [0.4, 0.5) is 0 Å². The van der Waals surface area contributed by atoms with Crippen LogP contribution in [-0.4, -0.2) is 11.1 Å². The Morgan fingerprint density at radius 3 is 1.89 bits per heavy atom. The van der Waals surface area contributed by atoms with E-state index < -0.39 is 18.0 Å². The number of carboxylic acids is 1. The number of fused-ring (bicyclic) bond motifs is 3. The van der Waals surface area contributed by atoms with Gasteiger partial charge < -0.3 is 15.0 Å². The summed E-state index contributed by atoms with van der Waals surface area (Å²) in [6.45, 7) is 0. The van der Waals surface area contributed by atoms with Crippen LogP contribution >= 0.6 is 0 Å². The summed E-state index contributed by atoms with van der Waals surface area (Å²) < 4.78 is 0. The van der Waals surface area contributed by atoms with Crippen molar-refractivity contribution in [3.8, 4) is 11.1 Å². The summed E-state index contributed by atoms with van der Waals surface area (Å²) >= 11 is 0. The maximum absolute atomic E-state index is 10.9. The van der Waals surface area contributed by atoms with E-state index in [0.29, 0.717) is 11.1 Å². The number of aliphatic hydroxyl groups is 1. The van der Waals surface area contributed by atoms with Crippen molar-refractivity contribution in [2.75, 3.05) is 0 Å². The topological polar surface area (TPSA) is 60.4 Å². The van der Waals surface area contributed by atoms with E-state index in [0.717, 1.165) is 11.1 Å². The van der Waals surface area contributed by atoms with Crippen LogP contribution in [0.5, 0.6) is 0 Å². The van der Waals surface area contributed by atoms with E-state index in [1.807, 2.05) is 24.3 Å². The van der Waals surface area contributed by atoms with Gasteiger partial charge in [-0.15, -0.1) is 0 Å². The van der Waals surface area contributed by atoms with Crippen molar-refractivity contribution in [1.82, 2.24) is 0 Å². The lowest BCUT2D eigenvalue weighted by Crippen LogP contribution is -2.35. The van der Waals surface area contributed by atoms with Gasteiger partial charge in [0.1, 0.15) is 5.60 Å². The molecule has 0 heterocycles. The van der Waals surface area contributed by atoms with E-state index in [2.05, 4.69) is 0 Å². The zero-order chi connectivity index (χ0) is 12.8. The Labute approximate surface area is 104 Å². The highest BCUT2D eigenvalue weighted by molar-refractivity contribution is 5.82. The number of carbonyl (C=O) groups excluding carboxylic acids is 1. The van der Waals surface area contributed by atoms with Crippen molar-refractivity contribution in [2.24, 2.45) is 0 Å². The Bertz CT molecular complexity index is 586. The molecule has 2 aromatic carbocycles. The molecule has 0 amide bonds. The SMILES string of the molecule is O=C([O-])CC1(O)c2ccccc2-c2ccccc21. The predicted molar refractivity (Wildman–Crippen MR) is 64.5 cm³/mol. The first-order valence-electron chi connectivity index (χ1n) is 5.74. The first kappa shape index (κ1) is 11.0. The molecule has 0 aliphatic heterocycles. The fourth-order valence-electron chi connectivity index (χ4n) is 2.70. The summed E-state index contributed by atoms with van der Waals surface area (Å²) in [5.74, 6) is -1.26. The van der Waals surface area contributed by atoms with Crippen LogP contribution in [0.25, 0.3) is 11.1 Å². The van der Waals surface area contributed by atoms with Crippen molar-refractivity contribution < 1.29 is 15.0 Å². The molecule has 3 nitrogen and oxygen atoms in total. The molecule has 0 atom stereocenters. The second-order valence-electron chi connectivity index (χ2n) is 4.50. The van der Waals surface area contributed by atoms with Gasteiger partial charge in [-0.1, -0.05) is 48.5 Å². The summed E-state index contributed by atoms with van der Waals surface area (Å²) in [6, 6.07) is 14.6. The fourth-order valence-corrected chi connectivity index (χ4v) is 2.70. The van der Waals surface area contributed by atoms with Gasteiger partial charge in [0.25, 0.3) is 0 Å². The van der Waals surface area contributed by atoms with Crippen LogP contribution in [0.3, 0.4) is 0 Å². The maximum atomic E-state index is 10.9. The minimum absolute atomic E-state index is 0.430. The van der Waals surface area contributed by atoms with Crippen LogP contribution in [0.1, 0.15) is 17.5 Å². The molecule has 1 aliphatic carbocycles. The number of hydrogen-bond donors (Lipinski definition) is 1. The molecule has 1 aliphatic rings. The zero-order valence-electron chi connectivity index (χ0n) is 9.59. The molecular weight excluding hydrogens is 228 g/mol. The van der Waals surface area contributed by atoms with Crippen molar-refractivity contribution >= 4 is 5.97 Å². The molecule has 0 radical (unpaired) electrons. The standard InChI is InChI=1S/C15H12O3/c16-14(17)9-15(18)12-7-3-1-5-10(12)11-6-2-4-8-13(11)15/h1-8,18H,9H2,(H,16,17)/p-1. The Balaban J connectivity index is 2.30. The van der Waals surface area contributed by atoms with Crippen LogP contribution < -0.4 is 5.11 Å². The first-order chi connectivity index (χ1) is 8.63. The average molecular weight is 239 g/mol. The molecule has 3 heteroatoms. The Morgan fingerprint density at radius 1 is 1.00 bits per heavy atom. The minimum atomic E-state index is -1.48. The molecule has 90 valence electrons. The zero-order valence-corrected chi connectivity index (χ0v) is 9.59. The lowest BCUT2D eigenvalue weighted by atomic mass is 9.88. The van der Waals surface area contributed by atoms with E-state index in [-0.39, 0.29) is 0 Å². The highest BCUT2D eigenvalue weighted by Crippen LogP contribution is 2.48. The molecule has 2 aromatic rings. The third-order valence-electron chi connectivity index (χ3n) is 3.44. The summed E-state index contributed by atoms with van der Waals surface area (Å²) in [5.41, 5.74) is 1.56. The molecular formula is C15H11O3-. The number of rotatable bonds is 2. The van der Waals surface area contributed by atoms with Crippen molar-refractivity contribution in [1.29, 1.82) is 0 Å². The quantitative estimate of drug-likeness (QED) is 0.851. The van der Waals surface area contributed by atoms with E-state index in [1.165, 1.54) is 0 Å². The van der Waals surface area contributed by atoms with Gasteiger partial charge in [-0.25, -0.2) is 0 Å². The summed E-state index contributed by atoms with van der Waals surface area (Å²) in [4.78, 5) is 10.9. The van der Waals surface area contributed by atoms with E-state index >= 15 is 0 Å². The van der Waals surface area contributed by atoms with Gasteiger partial charge in [-0.2, -0.15) is 0 Å². The predicted octanol–water partition coefficient (Wildman–Crippen LogP) is 1.04. The summed E-state index contributed by atoms with van der Waals surface area (Å²) in [7, 11) is 0. The normalized spacial score (nSPS) is 14.9. The van der Waals surface area contributed by atoms with Gasteiger partial charge in [-0.05, 0) is 22.3 Å². The number of benzene rings is 2. The molecule has 0 fully saturated rings. The van der Waals surface area contributed by atoms with Gasteiger partial charge >= 0.3 is 0 Å². The second kappa shape index (κ2) is 3.68. The minimum Gasteiger partial charge on any atom is -0.550 e. The Hall–Kier alpha value is -2.13. The molecule has 0 unspecified atom stereocenters.